The Morgan fingerprint density at radius 2 is 0.795 bits per heavy atom. The molecule has 0 bridgehead atoms. The molecule has 1 saturated carbocycles. The molecular weight excluding hydrogens is 592 g/mol. The first-order valence-electron chi connectivity index (χ1n) is 14.5. The fourth-order valence-corrected chi connectivity index (χ4v) is 12.1. The van der Waals surface area contributed by atoms with Crippen LogP contribution in [0.5, 0.6) is 0 Å². The Kier molecular flexibility index (Phi) is 7.62. The Hall–Kier alpha value is -4.53. The molecule has 0 heterocycles. The number of hydrogen-bond donors (Lipinski definition) is 0. The molecule has 0 N–H and O–H groups in total. The van der Waals surface area contributed by atoms with Gasteiger partial charge in [0.05, 0.1) is 9.73 Å². The van der Waals surface area contributed by atoms with E-state index in [-0.39, 0.29) is 5.78 Å². The highest BCUT2D eigenvalue weighted by atomic mass is 32.1. The van der Waals surface area contributed by atoms with Crippen molar-refractivity contribution in [2.45, 2.75) is 0 Å². The first-order chi connectivity index (χ1) is 21.6. The van der Waals surface area contributed by atoms with Crippen LogP contribution >= 0.6 is 31.3 Å². The fraction of sp³-hybridized carbons (Fsp3) is 0. The topological polar surface area (TPSA) is 17.1 Å². The van der Waals surface area contributed by atoms with E-state index in [2.05, 4.69) is 91.0 Å². The number of hydrogen-bond acceptors (Lipinski definition) is 3. The van der Waals surface area contributed by atoms with Crippen molar-refractivity contribution in [3.05, 3.63) is 186 Å². The predicted octanol–water partition coefficient (Wildman–Crippen LogP) is 7.95. The molecule has 2 aliphatic carbocycles. The van der Waals surface area contributed by atoms with E-state index in [1.54, 1.807) is 6.08 Å². The molecule has 0 amide bonds. The Morgan fingerprint density at radius 1 is 0.432 bits per heavy atom. The van der Waals surface area contributed by atoms with Crippen molar-refractivity contribution < 1.29 is 4.79 Å². The van der Waals surface area contributed by atoms with Crippen molar-refractivity contribution in [2.24, 2.45) is 0 Å². The SMILES string of the molecule is O=C1C=C(c2ccccc2)C(=C2C(=S)C(=P(c3ccccc3)(c3ccccc3)c3ccccc3)C2=S)C=C1c1ccccc1. The molecule has 210 valence electrons. The smallest absolute Gasteiger partial charge is 0.187 e. The van der Waals surface area contributed by atoms with Gasteiger partial charge >= 0.3 is 0 Å². The van der Waals surface area contributed by atoms with Gasteiger partial charge < -0.3 is 0 Å². The maximum Gasteiger partial charge on any atom is 0.187 e. The molecule has 0 saturated heterocycles. The Morgan fingerprint density at radius 3 is 1.20 bits per heavy atom. The Bertz CT molecular complexity index is 1950. The minimum absolute atomic E-state index is 0.0283. The lowest BCUT2D eigenvalue weighted by Gasteiger charge is -2.40. The molecule has 5 aromatic rings. The van der Waals surface area contributed by atoms with Crippen LogP contribution in [0.3, 0.4) is 0 Å². The zero-order chi connectivity index (χ0) is 30.1. The third-order valence-electron chi connectivity index (χ3n) is 8.21. The van der Waals surface area contributed by atoms with E-state index < -0.39 is 6.89 Å². The molecule has 1 nitrogen and oxygen atoms in total. The summed E-state index contributed by atoms with van der Waals surface area (Å²) in [5.74, 6) is -0.0283. The minimum atomic E-state index is -2.44. The normalized spacial score (nSPS) is 15.1. The summed E-state index contributed by atoms with van der Waals surface area (Å²) in [7, 11) is 0. The Labute approximate surface area is 268 Å². The number of carbonyl (C=O) groups is 1. The van der Waals surface area contributed by atoms with Crippen LogP contribution in [-0.4, -0.2) is 20.8 Å². The van der Waals surface area contributed by atoms with Gasteiger partial charge in [-0.2, -0.15) is 0 Å². The fourth-order valence-electron chi connectivity index (χ4n) is 6.21. The van der Waals surface area contributed by atoms with Crippen LogP contribution in [-0.2, 0) is 4.79 Å². The lowest BCUT2D eigenvalue weighted by atomic mass is 9.78. The molecule has 1 fully saturated rings. The summed E-state index contributed by atoms with van der Waals surface area (Å²) < 4.78 is 0. The van der Waals surface area contributed by atoms with Gasteiger partial charge in [-0.15, -0.1) is 0 Å². The zero-order valence-electron chi connectivity index (χ0n) is 23.8. The highest BCUT2D eigenvalue weighted by molar-refractivity contribution is 8.04. The molecule has 5 aromatic carbocycles. The molecule has 0 radical (unpaired) electrons. The highest BCUT2D eigenvalue weighted by Crippen LogP contribution is 2.51. The minimum Gasteiger partial charge on any atom is -0.289 e. The molecule has 44 heavy (non-hydrogen) atoms. The number of rotatable bonds is 5. The maximum absolute atomic E-state index is 13.6. The van der Waals surface area contributed by atoms with E-state index in [0.717, 1.165) is 42.9 Å². The number of carbonyl (C=O) groups excluding carboxylic acids is 1. The third kappa shape index (κ3) is 4.66. The van der Waals surface area contributed by atoms with Gasteiger partial charge in [0.1, 0.15) is 0 Å². The number of thiocarbonyl (C=S) groups is 2. The van der Waals surface area contributed by atoms with Crippen LogP contribution in [0.4, 0.5) is 0 Å². The number of benzene rings is 5. The van der Waals surface area contributed by atoms with Crippen LogP contribution in [0.25, 0.3) is 11.1 Å². The van der Waals surface area contributed by atoms with E-state index in [0.29, 0.717) is 5.57 Å². The second-order valence-corrected chi connectivity index (χ2v) is 14.8. The second kappa shape index (κ2) is 11.9. The van der Waals surface area contributed by atoms with Crippen molar-refractivity contribution in [3.63, 3.8) is 0 Å². The van der Waals surface area contributed by atoms with E-state index >= 15 is 0 Å². The third-order valence-corrected chi connectivity index (χ3v) is 13.7. The van der Waals surface area contributed by atoms with E-state index in [9.17, 15) is 4.79 Å². The van der Waals surface area contributed by atoms with Gasteiger partial charge in [-0.3, -0.25) is 4.79 Å². The molecule has 2 aliphatic rings. The van der Waals surface area contributed by atoms with Gasteiger partial charge in [0, 0.05) is 16.4 Å². The van der Waals surface area contributed by atoms with Crippen molar-refractivity contribution in [1.29, 1.82) is 0 Å². The van der Waals surface area contributed by atoms with Gasteiger partial charge in [-0.25, -0.2) is 0 Å². The Balaban J connectivity index is 1.55. The summed E-state index contributed by atoms with van der Waals surface area (Å²) in [6.45, 7) is -2.44. The summed E-state index contributed by atoms with van der Waals surface area (Å²) >= 11 is 12.8. The summed E-state index contributed by atoms with van der Waals surface area (Å²) in [6.07, 6.45) is 3.75. The average Bonchev–Trinajstić information content (AvgIpc) is 3.09. The molecular formula is C40H27OPS2. The van der Waals surface area contributed by atoms with Gasteiger partial charge in [0.25, 0.3) is 0 Å². The average molecular weight is 619 g/mol. The summed E-state index contributed by atoms with van der Waals surface area (Å²) in [5, 5.41) is 4.67. The predicted molar refractivity (Wildman–Crippen MR) is 196 cm³/mol. The maximum atomic E-state index is 13.6. The first kappa shape index (κ1) is 28.3. The summed E-state index contributed by atoms with van der Waals surface area (Å²) in [5.41, 5.74) is 5.09. The van der Waals surface area contributed by atoms with Gasteiger partial charge in [0.2, 0.25) is 0 Å². The summed E-state index contributed by atoms with van der Waals surface area (Å²) in [4.78, 5) is 15.1. The van der Waals surface area contributed by atoms with E-state index in [1.807, 2.05) is 66.7 Å². The molecule has 0 aromatic heterocycles. The van der Waals surface area contributed by atoms with Gasteiger partial charge in [0.15, 0.2) is 5.78 Å². The van der Waals surface area contributed by atoms with Gasteiger partial charge in [-0.1, -0.05) is 176 Å². The van der Waals surface area contributed by atoms with E-state index in [1.165, 1.54) is 15.9 Å². The van der Waals surface area contributed by atoms with Gasteiger partial charge in [-0.05, 0) is 57.2 Å². The zero-order valence-corrected chi connectivity index (χ0v) is 26.3. The number of ketones is 1. The van der Waals surface area contributed by atoms with Crippen molar-refractivity contribution in [3.8, 4) is 0 Å². The van der Waals surface area contributed by atoms with Crippen LogP contribution in [0, 0.1) is 0 Å². The lowest BCUT2D eigenvalue weighted by Crippen LogP contribution is -2.46. The molecule has 4 heteroatoms. The molecule has 0 aliphatic heterocycles. The van der Waals surface area contributed by atoms with Crippen molar-refractivity contribution in [1.82, 2.24) is 0 Å². The van der Waals surface area contributed by atoms with E-state index in [4.69, 9.17) is 24.4 Å². The molecule has 0 atom stereocenters. The second-order valence-electron chi connectivity index (χ2n) is 10.7. The first-order valence-corrected chi connectivity index (χ1v) is 17.1. The standard InChI is InChI=1S/C40H27OPS2/c41-36-27-33(28-16-6-1-7-17-28)35(26-34(36)29-18-8-2-9-19-29)37-39(43)38(40(37)44)42(30-20-10-3-11-21-30,31-22-12-4-13-23-31)32-24-14-5-15-25-32/h1-27H. The van der Waals surface area contributed by atoms with Crippen LogP contribution < -0.4 is 15.9 Å². The quantitative estimate of drug-likeness (QED) is 0.113. The molecule has 0 spiro atoms. The highest BCUT2D eigenvalue weighted by Gasteiger charge is 2.43. The lowest BCUT2D eigenvalue weighted by molar-refractivity contribution is -0.109. The molecule has 7 rings (SSSR count). The van der Waals surface area contributed by atoms with Crippen LogP contribution in [0.1, 0.15) is 11.1 Å². The molecule has 0 unspecified atom stereocenters. The van der Waals surface area contributed by atoms with Crippen molar-refractivity contribution >= 4 is 79.2 Å². The largest absolute Gasteiger partial charge is 0.289 e. The number of allylic oxidation sites excluding steroid dienone is 6. The van der Waals surface area contributed by atoms with Crippen LogP contribution in [0.15, 0.2) is 175 Å². The summed E-state index contributed by atoms with van der Waals surface area (Å²) in [6, 6.07) is 51.8. The van der Waals surface area contributed by atoms with Crippen LogP contribution in [0.2, 0.25) is 0 Å². The van der Waals surface area contributed by atoms with Crippen molar-refractivity contribution in [2.75, 3.05) is 0 Å². The monoisotopic (exact) mass is 618 g/mol.